The number of aromatic nitrogens is 4. The minimum atomic E-state index is 0.333. The van der Waals surface area contributed by atoms with Gasteiger partial charge in [-0.25, -0.2) is 0 Å². The van der Waals surface area contributed by atoms with E-state index >= 15 is 0 Å². The number of pyridine rings is 1. The molecule has 0 saturated carbocycles. The SMILES string of the molecule is CC(C)Cc1cc(-c2nc(-c3ccncc3)no2)on1. The van der Waals surface area contributed by atoms with Crippen molar-refractivity contribution < 1.29 is 9.05 Å². The first-order valence-electron chi connectivity index (χ1n) is 6.42. The molecule has 0 aromatic carbocycles. The fourth-order valence-corrected chi connectivity index (χ4v) is 1.87. The second-order valence-corrected chi connectivity index (χ2v) is 4.94. The molecule has 0 atom stereocenters. The molecule has 6 heteroatoms. The van der Waals surface area contributed by atoms with Crippen molar-refractivity contribution in [2.75, 3.05) is 0 Å². The van der Waals surface area contributed by atoms with Crippen molar-refractivity contribution in [3.8, 4) is 23.0 Å². The van der Waals surface area contributed by atoms with Gasteiger partial charge in [0, 0.05) is 24.0 Å². The van der Waals surface area contributed by atoms with Crippen LogP contribution in [0.3, 0.4) is 0 Å². The molecule has 0 radical (unpaired) electrons. The van der Waals surface area contributed by atoms with Crippen LogP contribution < -0.4 is 0 Å². The number of rotatable bonds is 4. The molecule has 102 valence electrons. The summed E-state index contributed by atoms with van der Waals surface area (Å²) in [5.41, 5.74) is 1.73. The van der Waals surface area contributed by atoms with E-state index < -0.39 is 0 Å². The van der Waals surface area contributed by atoms with Crippen LogP contribution in [0.4, 0.5) is 0 Å². The first-order valence-corrected chi connectivity index (χ1v) is 6.42. The van der Waals surface area contributed by atoms with Gasteiger partial charge in [-0.15, -0.1) is 0 Å². The topological polar surface area (TPSA) is 77.8 Å². The summed E-state index contributed by atoms with van der Waals surface area (Å²) in [6.07, 6.45) is 4.22. The minimum Gasteiger partial charge on any atom is -0.351 e. The Bertz CT molecular complexity index is 688. The summed E-state index contributed by atoms with van der Waals surface area (Å²) in [4.78, 5) is 8.26. The van der Waals surface area contributed by atoms with E-state index in [9.17, 15) is 0 Å². The van der Waals surface area contributed by atoms with E-state index in [2.05, 4.69) is 34.1 Å². The molecule has 0 saturated heterocycles. The van der Waals surface area contributed by atoms with Gasteiger partial charge in [0.05, 0.1) is 5.69 Å². The molecule has 3 aromatic rings. The lowest BCUT2D eigenvalue weighted by Gasteiger charge is -1.96. The first kappa shape index (κ1) is 12.5. The molecule has 0 N–H and O–H groups in total. The summed E-state index contributed by atoms with van der Waals surface area (Å²) in [5.74, 6) is 1.85. The molecule has 3 heterocycles. The van der Waals surface area contributed by atoms with Crippen LogP contribution in [0.15, 0.2) is 39.6 Å². The van der Waals surface area contributed by atoms with Gasteiger partial charge in [-0.2, -0.15) is 4.98 Å². The molecule has 0 fully saturated rings. The van der Waals surface area contributed by atoms with E-state index in [1.807, 2.05) is 18.2 Å². The number of hydrogen-bond donors (Lipinski definition) is 0. The van der Waals surface area contributed by atoms with Crippen LogP contribution in [0, 0.1) is 5.92 Å². The van der Waals surface area contributed by atoms with Crippen LogP contribution in [0.25, 0.3) is 23.0 Å². The highest BCUT2D eigenvalue weighted by molar-refractivity contribution is 5.56. The number of nitrogens with zero attached hydrogens (tertiary/aromatic N) is 4. The van der Waals surface area contributed by atoms with Gasteiger partial charge in [-0.1, -0.05) is 24.2 Å². The zero-order chi connectivity index (χ0) is 13.9. The molecule has 6 nitrogen and oxygen atoms in total. The minimum absolute atomic E-state index is 0.333. The highest BCUT2D eigenvalue weighted by Crippen LogP contribution is 2.23. The molecular formula is C14H14N4O2. The smallest absolute Gasteiger partial charge is 0.296 e. The second-order valence-electron chi connectivity index (χ2n) is 4.94. The highest BCUT2D eigenvalue weighted by Gasteiger charge is 2.15. The summed E-state index contributed by atoms with van der Waals surface area (Å²) in [6.45, 7) is 4.26. The van der Waals surface area contributed by atoms with Crippen LogP contribution in [0.5, 0.6) is 0 Å². The zero-order valence-electron chi connectivity index (χ0n) is 11.3. The van der Waals surface area contributed by atoms with Gasteiger partial charge < -0.3 is 9.05 Å². The van der Waals surface area contributed by atoms with E-state index in [1.54, 1.807) is 12.4 Å². The van der Waals surface area contributed by atoms with Crippen molar-refractivity contribution >= 4 is 0 Å². The predicted octanol–water partition coefficient (Wildman–Crippen LogP) is 2.99. The third-order valence-electron chi connectivity index (χ3n) is 2.75. The third-order valence-corrected chi connectivity index (χ3v) is 2.75. The number of hydrogen-bond acceptors (Lipinski definition) is 6. The molecule has 0 spiro atoms. The Morgan fingerprint density at radius 3 is 2.65 bits per heavy atom. The molecule has 0 unspecified atom stereocenters. The molecule has 0 aliphatic heterocycles. The Morgan fingerprint density at radius 1 is 1.10 bits per heavy atom. The van der Waals surface area contributed by atoms with E-state index in [4.69, 9.17) is 9.05 Å². The summed E-state index contributed by atoms with van der Waals surface area (Å²) < 4.78 is 10.5. The molecule has 3 aromatic heterocycles. The fourth-order valence-electron chi connectivity index (χ4n) is 1.87. The molecule has 0 bridgehead atoms. The predicted molar refractivity (Wildman–Crippen MR) is 71.6 cm³/mol. The lowest BCUT2D eigenvalue weighted by atomic mass is 10.1. The molecule has 0 aliphatic rings. The summed E-state index contributed by atoms with van der Waals surface area (Å²) >= 11 is 0. The quantitative estimate of drug-likeness (QED) is 0.725. The van der Waals surface area contributed by atoms with Crippen LogP contribution in [-0.2, 0) is 6.42 Å². The van der Waals surface area contributed by atoms with Crippen molar-refractivity contribution in [1.82, 2.24) is 20.3 Å². The lowest BCUT2D eigenvalue weighted by molar-refractivity contribution is 0.380. The highest BCUT2D eigenvalue weighted by atomic mass is 16.5. The van der Waals surface area contributed by atoms with Crippen molar-refractivity contribution in [2.24, 2.45) is 5.92 Å². The largest absolute Gasteiger partial charge is 0.351 e. The standard InChI is InChI=1S/C14H14N4O2/c1-9(2)7-11-8-12(19-17-11)14-16-13(18-20-14)10-3-5-15-6-4-10/h3-6,8-9H,7H2,1-2H3. The second kappa shape index (κ2) is 5.24. The van der Waals surface area contributed by atoms with Crippen molar-refractivity contribution in [3.63, 3.8) is 0 Å². The van der Waals surface area contributed by atoms with Gasteiger partial charge in [0.2, 0.25) is 11.6 Å². The van der Waals surface area contributed by atoms with Crippen molar-refractivity contribution in [3.05, 3.63) is 36.3 Å². The summed E-state index contributed by atoms with van der Waals surface area (Å²) in [7, 11) is 0. The van der Waals surface area contributed by atoms with Gasteiger partial charge in [0.15, 0.2) is 0 Å². The molecule has 0 amide bonds. The van der Waals surface area contributed by atoms with Crippen molar-refractivity contribution in [2.45, 2.75) is 20.3 Å². The Kier molecular flexibility index (Phi) is 3.28. The monoisotopic (exact) mass is 270 g/mol. The Morgan fingerprint density at radius 2 is 1.90 bits per heavy atom. The Balaban J connectivity index is 1.85. The Labute approximate surface area is 115 Å². The molecule has 3 rings (SSSR count). The third kappa shape index (κ3) is 2.59. The van der Waals surface area contributed by atoms with Crippen LogP contribution >= 0.6 is 0 Å². The van der Waals surface area contributed by atoms with Gasteiger partial charge in [-0.3, -0.25) is 4.98 Å². The summed E-state index contributed by atoms with van der Waals surface area (Å²) in [6, 6.07) is 5.47. The van der Waals surface area contributed by atoms with E-state index in [1.165, 1.54) is 0 Å². The molecule has 20 heavy (non-hydrogen) atoms. The van der Waals surface area contributed by atoms with Crippen molar-refractivity contribution in [1.29, 1.82) is 0 Å². The van der Waals surface area contributed by atoms with E-state index in [0.717, 1.165) is 17.7 Å². The summed E-state index contributed by atoms with van der Waals surface area (Å²) in [5, 5.41) is 7.93. The van der Waals surface area contributed by atoms with E-state index in [-0.39, 0.29) is 0 Å². The van der Waals surface area contributed by atoms with E-state index in [0.29, 0.717) is 23.4 Å². The molecule has 0 aliphatic carbocycles. The van der Waals surface area contributed by atoms with Gasteiger partial charge >= 0.3 is 0 Å². The lowest BCUT2D eigenvalue weighted by Crippen LogP contribution is -1.92. The van der Waals surface area contributed by atoms with Crippen LogP contribution in [0.2, 0.25) is 0 Å². The average Bonchev–Trinajstić information content (AvgIpc) is 3.07. The van der Waals surface area contributed by atoms with Gasteiger partial charge in [-0.05, 0) is 24.5 Å². The fraction of sp³-hybridized carbons (Fsp3) is 0.286. The maximum atomic E-state index is 5.24. The maximum Gasteiger partial charge on any atom is 0.296 e. The maximum absolute atomic E-state index is 5.24. The van der Waals surface area contributed by atoms with Crippen LogP contribution in [0.1, 0.15) is 19.5 Å². The van der Waals surface area contributed by atoms with Gasteiger partial charge in [0.1, 0.15) is 0 Å². The van der Waals surface area contributed by atoms with Crippen LogP contribution in [-0.4, -0.2) is 20.3 Å². The normalized spacial score (nSPS) is 11.2. The zero-order valence-corrected chi connectivity index (χ0v) is 11.3. The first-order chi connectivity index (χ1) is 9.72. The van der Waals surface area contributed by atoms with Gasteiger partial charge in [0.25, 0.3) is 5.89 Å². The molecular weight excluding hydrogens is 256 g/mol. The Hall–Kier alpha value is -2.50. The average molecular weight is 270 g/mol.